The Morgan fingerprint density at radius 3 is 2.52 bits per heavy atom. The molecular weight excluding hydrogens is 268 g/mol. The van der Waals surface area contributed by atoms with Crippen LogP contribution in [0.25, 0.3) is 0 Å². The van der Waals surface area contributed by atoms with E-state index < -0.39 is 0 Å². The van der Waals surface area contributed by atoms with Gasteiger partial charge in [-0.3, -0.25) is 14.4 Å². The van der Waals surface area contributed by atoms with Crippen LogP contribution in [0.4, 0.5) is 0 Å². The molecule has 0 heterocycles. The molecule has 0 spiro atoms. The molecule has 1 saturated carbocycles. The van der Waals surface area contributed by atoms with Crippen LogP contribution in [0.5, 0.6) is 0 Å². The van der Waals surface area contributed by atoms with Gasteiger partial charge in [0, 0.05) is 18.8 Å². The zero-order valence-corrected chi connectivity index (χ0v) is 13.1. The van der Waals surface area contributed by atoms with Crippen molar-refractivity contribution < 1.29 is 19.1 Å². The first kappa shape index (κ1) is 15.9. The molecule has 2 aliphatic carbocycles. The van der Waals surface area contributed by atoms with Crippen LogP contribution in [0.15, 0.2) is 11.1 Å². The minimum absolute atomic E-state index is 0.0209. The van der Waals surface area contributed by atoms with E-state index >= 15 is 0 Å². The minimum Gasteiger partial charge on any atom is -0.461 e. The van der Waals surface area contributed by atoms with Gasteiger partial charge in [-0.05, 0) is 48.7 Å². The molecule has 1 fully saturated rings. The number of rotatable bonds is 5. The molecule has 21 heavy (non-hydrogen) atoms. The molecule has 116 valence electrons. The van der Waals surface area contributed by atoms with Crippen molar-refractivity contribution in [3.8, 4) is 0 Å². The number of allylic oxidation sites excluding steroid dienone is 1. The van der Waals surface area contributed by atoms with Crippen molar-refractivity contribution in [1.29, 1.82) is 0 Å². The summed E-state index contributed by atoms with van der Waals surface area (Å²) in [5, 5.41) is 0. The molecule has 4 nitrogen and oxygen atoms in total. The third-order valence-electron chi connectivity index (χ3n) is 4.95. The highest BCUT2D eigenvalue weighted by atomic mass is 16.5. The SMILES string of the molecule is CC(=O)OCC1=C(C=O)C(C2CCC(C(C)C)C2=O)CC1. The second-order valence-corrected chi connectivity index (χ2v) is 6.54. The molecule has 0 amide bonds. The summed E-state index contributed by atoms with van der Waals surface area (Å²) in [6.45, 7) is 5.72. The van der Waals surface area contributed by atoms with Crippen molar-refractivity contribution >= 4 is 18.0 Å². The monoisotopic (exact) mass is 292 g/mol. The number of aldehydes is 1. The topological polar surface area (TPSA) is 60.4 Å². The van der Waals surface area contributed by atoms with Crippen molar-refractivity contribution in [3.63, 3.8) is 0 Å². The van der Waals surface area contributed by atoms with Gasteiger partial charge in [-0.15, -0.1) is 0 Å². The predicted molar refractivity (Wildman–Crippen MR) is 78.5 cm³/mol. The van der Waals surface area contributed by atoms with E-state index in [4.69, 9.17) is 4.74 Å². The number of ketones is 1. The largest absolute Gasteiger partial charge is 0.461 e. The van der Waals surface area contributed by atoms with Gasteiger partial charge in [-0.25, -0.2) is 0 Å². The van der Waals surface area contributed by atoms with Crippen LogP contribution < -0.4 is 0 Å². The molecule has 3 atom stereocenters. The molecule has 0 bridgehead atoms. The number of Topliss-reactive ketones (excluding diaryl/α,β-unsaturated/α-hetero) is 1. The molecule has 0 aliphatic heterocycles. The van der Waals surface area contributed by atoms with Gasteiger partial charge in [0.25, 0.3) is 0 Å². The van der Waals surface area contributed by atoms with Gasteiger partial charge in [-0.2, -0.15) is 0 Å². The Morgan fingerprint density at radius 1 is 1.29 bits per heavy atom. The van der Waals surface area contributed by atoms with Gasteiger partial charge in [0.05, 0.1) is 0 Å². The number of hydrogen-bond acceptors (Lipinski definition) is 4. The second kappa shape index (κ2) is 6.54. The van der Waals surface area contributed by atoms with Crippen LogP contribution in [-0.2, 0) is 19.1 Å². The van der Waals surface area contributed by atoms with Crippen molar-refractivity contribution in [1.82, 2.24) is 0 Å². The lowest BCUT2D eigenvalue weighted by molar-refractivity contribution is -0.140. The van der Waals surface area contributed by atoms with Gasteiger partial charge in [-0.1, -0.05) is 13.8 Å². The summed E-state index contributed by atoms with van der Waals surface area (Å²) >= 11 is 0. The van der Waals surface area contributed by atoms with Gasteiger partial charge in [0.2, 0.25) is 0 Å². The fraction of sp³-hybridized carbons (Fsp3) is 0.706. The summed E-state index contributed by atoms with van der Waals surface area (Å²) in [5.41, 5.74) is 1.60. The van der Waals surface area contributed by atoms with E-state index in [-0.39, 0.29) is 30.3 Å². The maximum Gasteiger partial charge on any atom is 0.302 e. The highest BCUT2D eigenvalue weighted by molar-refractivity contribution is 5.88. The number of carbonyl (C=O) groups is 3. The first-order chi connectivity index (χ1) is 9.95. The van der Waals surface area contributed by atoms with Crippen LogP contribution >= 0.6 is 0 Å². The highest BCUT2D eigenvalue weighted by Gasteiger charge is 2.43. The van der Waals surface area contributed by atoms with Gasteiger partial charge < -0.3 is 4.74 Å². The Balaban J connectivity index is 2.12. The summed E-state index contributed by atoms with van der Waals surface area (Å²) in [4.78, 5) is 34.9. The molecule has 0 aromatic heterocycles. The smallest absolute Gasteiger partial charge is 0.302 e. The lowest BCUT2D eigenvalue weighted by atomic mass is 9.83. The molecule has 2 aliphatic rings. The summed E-state index contributed by atoms with van der Waals surface area (Å²) in [5.74, 6) is 0.501. The molecule has 0 N–H and O–H groups in total. The molecule has 3 unspecified atom stereocenters. The predicted octanol–water partition coefficient (Wildman–Crippen LogP) is 2.71. The van der Waals surface area contributed by atoms with E-state index in [9.17, 15) is 14.4 Å². The minimum atomic E-state index is -0.340. The third-order valence-corrected chi connectivity index (χ3v) is 4.95. The number of hydrogen-bond donors (Lipinski definition) is 0. The van der Waals surface area contributed by atoms with Gasteiger partial charge >= 0.3 is 5.97 Å². The average molecular weight is 292 g/mol. The number of ether oxygens (including phenoxy) is 1. The Labute approximate surface area is 125 Å². The number of carbonyl (C=O) groups excluding carboxylic acids is 3. The Kier molecular flexibility index (Phi) is 4.96. The van der Waals surface area contributed by atoms with Crippen molar-refractivity contribution in [2.45, 2.75) is 46.5 Å². The molecule has 0 aromatic rings. The van der Waals surface area contributed by atoms with Crippen LogP contribution in [0.1, 0.15) is 46.5 Å². The van der Waals surface area contributed by atoms with Crippen LogP contribution in [0, 0.1) is 23.7 Å². The van der Waals surface area contributed by atoms with Crippen molar-refractivity contribution in [2.24, 2.45) is 23.7 Å². The Hall–Kier alpha value is -1.45. The lowest BCUT2D eigenvalue weighted by Gasteiger charge is -2.19. The van der Waals surface area contributed by atoms with E-state index in [1.807, 2.05) is 0 Å². The zero-order valence-electron chi connectivity index (χ0n) is 13.1. The standard InChI is InChI=1S/C17H24O4/c1-10(2)13-6-7-15(17(13)20)14-5-4-12(16(14)8-18)9-21-11(3)19/h8,10,13-15H,4-7,9H2,1-3H3. The maximum atomic E-state index is 12.5. The number of esters is 1. The maximum absolute atomic E-state index is 12.5. The molecule has 0 saturated heterocycles. The van der Waals surface area contributed by atoms with Crippen LogP contribution in [0.2, 0.25) is 0 Å². The first-order valence-corrected chi connectivity index (χ1v) is 7.79. The van der Waals surface area contributed by atoms with Gasteiger partial charge in [0.15, 0.2) is 0 Å². The third kappa shape index (κ3) is 3.25. The van der Waals surface area contributed by atoms with E-state index in [1.54, 1.807) is 0 Å². The van der Waals surface area contributed by atoms with E-state index in [1.165, 1.54) is 6.92 Å². The van der Waals surface area contributed by atoms with Gasteiger partial charge in [0.1, 0.15) is 18.7 Å². The molecular formula is C17H24O4. The highest BCUT2D eigenvalue weighted by Crippen LogP contribution is 2.44. The Morgan fingerprint density at radius 2 is 2.00 bits per heavy atom. The summed E-state index contributed by atoms with van der Waals surface area (Å²) in [6.07, 6.45) is 4.26. The normalized spacial score (nSPS) is 29.3. The van der Waals surface area contributed by atoms with Crippen molar-refractivity contribution in [2.75, 3.05) is 6.61 Å². The molecule has 0 aromatic carbocycles. The summed E-state index contributed by atoms with van der Waals surface area (Å²) < 4.78 is 5.01. The van der Waals surface area contributed by atoms with E-state index in [2.05, 4.69) is 13.8 Å². The quantitative estimate of drug-likeness (QED) is 0.577. The van der Waals surface area contributed by atoms with Crippen LogP contribution in [-0.4, -0.2) is 24.6 Å². The van der Waals surface area contributed by atoms with Crippen molar-refractivity contribution in [3.05, 3.63) is 11.1 Å². The Bertz CT molecular complexity index is 475. The molecule has 2 rings (SSSR count). The summed E-state index contributed by atoms with van der Waals surface area (Å²) in [7, 11) is 0. The first-order valence-electron chi connectivity index (χ1n) is 7.79. The van der Waals surface area contributed by atoms with E-state index in [0.29, 0.717) is 17.3 Å². The molecule has 0 radical (unpaired) electrons. The fourth-order valence-electron chi connectivity index (χ4n) is 3.80. The molecule has 4 heteroatoms. The second-order valence-electron chi connectivity index (χ2n) is 6.54. The zero-order chi connectivity index (χ0) is 15.6. The average Bonchev–Trinajstić information content (AvgIpc) is 2.98. The summed E-state index contributed by atoms with van der Waals surface area (Å²) in [6, 6.07) is 0. The lowest BCUT2D eigenvalue weighted by Crippen LogP contribution is -2.25. The van der Waals surface area contributed by atoms with E-state index in [0.717, 1.165) is 37.5 Å². The fourth-order valence-corrected chi connectivity index (χ4v) is 3.80. The van der Waals surface area contributed by atoms with Crippen LogP contribution in [0.3, 0.4) is 0 Å².